The second-order valence-electron chi connectivity index (χ2n) is 8.75. The van der Waals surface area contributed by atoms with E-state index in [-0.39, 0.29) is 18.1 Å². The standard InChI is InChI=1S/C30H25NO3/c1-33-27-18-16-22(19-28(27)34-26-17-15-20-9-5-6-12-23(20)26)31-29(21-10-3-2-4-11-21)24-13-7-8-14-25(24)30(31)32/h2-14,16,18-19,26,29H,15,17H2,1H3. The van der Waals surface area contributed by atoms with Gasteiger partial charge < -0.3 is 9.47 Å². The van der Waals surface area contributed by atoms with Crippen LogP contribution in [0.15, 0.2) is 97.1 Å². The summed E-state index contributed by atoms with van der Waals surface area (Å²) in [5, 5.41) is 0. The lowest BCUT2D eigenvalue weighted by atomic mass is 9.98. The molecule has 168 valence electrons. The Labute approximate surface area is 199 Å². The number of amides is 1. The molecule has 2 atom stereocenters. The molecular weight excluding hydrogens is 422 g/mol. The minimum atomic E-state index is -0.196. The van der Waals surface area contributed by atoms with Crippen molar-refractivity contribution in [2.45, 2.75) is 25.0 Å². The Morgan fingerprint density at radius 1 is 0.794 bits per heavy atom. The van der Waals surface area contributed by atoms with E-state index >= 15 is 0 Å². The van der Waals surface area contributed by atoms with Gasteiger partial charge in [0.1, 0.15) is 6.10 Å². The number of hydrogen-bond donors (Lipinski definition) is 0. The Bertz CT molecular complexity index is 1360. The predicted octanol–water partition coefficient (Wildman–Crippen LogP) is 6.51. The van der Waals surface area contributed by atoms with Crippen molar-refractivity contribution >= 4 is 11.6 Å². The fourth-order valence-corrected chi connectivity index (χ4v) is 5.25. The van der Waals surface area contributed by atoms with Gasteiger partial charge in [0.2, 0.25) is 0 Å². The van der Waals surface area contributed by atoms with Gasteiger partial charge in [-0.05, 0) is 53.3 Å². The number of aryl methyl sites for hydroxylation is 1. The second-order valence-corrected chi connectivity index (χ2v) is 8.75. The van der Waals surface area contributed by atoms with Crippen LogP contribution in [0.25, 0.3) is 0 Å². The summed E-state index contributed by atoms with van der Waals surface area (Å²) in [7, 11) is 1.65. The van der Waals surface area contributed by atoms with E-state index in [1.54, 1.807) is 7.11 Å². The smallest absolute Gasteiger partial charge is 0.259 e. The Morgan fingerprint density at radius 3 is 2.35 bits per heavy atom. The van der Waals surface area contributed by atoms with Crippen molar-refractivity contribution < 1.29 is 14.3 Å². The summed E-state index contributed by atoms with van der Waals surface area (Å²) in [4.78, 5) is 15.5. The summed E-state index contributed by atoms with van der Waals surface area (Å²) in [6.45, 7) is 0. The van der Waals surface area contributed by atoms with E-state index in [2.05, 4.69) is 36.4 Å². The lowest BCUT2D eigenvalue weighted by Crippen LogP contribution is -2.28. The number of anilines is 1. The molecular formula is C30H25NO3. The second kappa shape index (κ2) is 8.38. The molecule has 0 aromatic heterocycles. The van der Waals surface area contributed by atoms with Crippen molar-refractivity contribution in [2.24, 2.45) is 0 Å². The molecule has 1 amide bonds. The Kier molecular flexibility index (Phi) is 5.06. The monoisotopic (exact) mass is 447 g/mol. The molecule has 0 radical (unpaired) electrons. The largest absolute Gasteiger partial charge is 0.493 e. The number of rotatable bonds is 5. The van der Waals surface area contributed by atoms with Crippen molar-refractivity contribution in [3.8, 4) is 11.5 Å². The number of carbonyl (C=O) groups excluding carboxylic acids is 1. The molecule has 2 aliphatic rings. The topological polar surface area (TPSA) is 38.8 Å². The van der Waals surface area contributed by atoms with Crippen LogP contribution in [-0.2, 0) is 6.42 Å². The average Bonchev–Trinajstić information content (AvgIpc) is 3.43. The molecule has 0 fully saturated rings. The third-order valence-corrected chi connectivity index (χ3v) is 6.85. The number of fused-ring (bicyclic) bond motifs is 2. The highest BCUT2D eigenvalue weighted by Gasteiger charge is 2.38. The molecule has 0 spiro atoms. The Balaban J connectivity index is 1.41. The first-order valence-electron chi connectivity index (χ1n) is 11.6. The molecule has 1 aliphatic carbocycles. The molecule has 0 N–H and O–H groups in total. The maximum absolute atomic E-state index is 13.6. The number of nitrogens with zero attached hydrogens (tertiary/aromatic N) is 1. The van der Waals surface area contributed by atoms with Crippen LogP contribution in [0.2, 0.25) is 0 Å². The van der Waals surface area contributed by atoms with Crippen molar-refractivity contribution in [2.75, 3.05) is 12.0 Å². The normalized spacial score (nSPS) is 18.5. The van der Waals surface area contributed by atoms with Crippen molar-refractivity contribution in [1.29, 1.82) is 0 Å². The van der Waals surface area contributed by atoms with Gasteiger partial charge >= 0.3 is 0 Å². The lowest BCUT2D eigenvalue weighted by molar-refractivity contribution is 0.0993. The maximum atomic E-state index is 13.6. The Hall–Kier alpha value is -4.05. The first kappa shape index (κ1) is 20.5. The van der Waals surface area contributed by atoms with Crippen molar-refractivity contribution in [3.63, 3.8) is 0 Å². The van der Waals surface area contributed by atoms with Crippen molar-refractivity contribution in [1.82, 2.24) is 0 Å². The molecule has 34 heavy (non-hydrogen) atoms. The van der Waals surface area contributed by atoms with Crippen LogP contribution < -0.4 is 14.4 Å². The molecule has 4 nitrogen and oxygen atoms in total. The van der Waals surface area contributed by atoms with Crippen LogP contribution in [-0.4, -0.2) is 13.0 Å². The van der Waals surface area contributed by atoms with Gasteiger partial charge in [0, 0.05) is 17.3 Å². The van der Waals surface area contributed by atoms with Gasteiger partial charge in [-0.1, -0.05) is 72.8 Å². The molecule has 4 aromatic rings. The van der Waals surface area contributed by atoms with Crippen LogP contribution in [0.1, 0.15) is 51.2 Å². The highest BCUT2D eigenvalue weighted by molar-refractivity contribution is 6.11. The quantitative estimate of drug-likeness (QED) is 0.350. The van der Waals surface area contributed by atoms with E-state index in [9.17, 15) is 4.79 Å². The highest BCUT2D eigenvalue weighted by atomic mass is 16.5. The van der Waals surface area contributed by atoms with Gasteiger partial charge in [-0.2, -0.15) is 0 Å². The zero-order valence-electron chi connectivity index (χ0n) is 19.0. The first-order chi connectivity index (χ1) is 16.7. The van der Waals surface area contributed by atoms with Crippen LogP contribution in [0.4, 0.5) is 5.69 Å². The van der Waals surface area contributed by atoms with E-state index in [1.165, 1.54) is 11.1 Å². The Morgan fingerprint density at radius 2 is 1.53 bits per heavy atom. The molecule has 0 saturated heterocycles. The van der Waals surface area contributed by atoms with Crippen LogP contribution in [0, 0.1) is 0 Å². The minimum Gasteiger partial charge on any atom is -0.493 e. The fraction of sp³-hybridized carbons (Fsp3) is 0.167. The third-order valence-electron chi connectivity index (χ3n) is 6.85. The number of ether oxygens (including phenoxy) is 2. The summed E-state index contributed by atoms with van der Waals surface area (Å²) >= 11 is 0. The van der Waals surface area contributed by atoms with Crippen molar-refractivity contribution in [3.05, 3.63) is 125 Å². The first-order valence-corrected chi connectivity index (χ1v) is 11.6. The number of hydrogen-bond acceptors (Lipinski definition) is 3. The molecule has 1 aliphatic heterocycles. The summed E-state index contributed by atoms with van der Waals surface area (Å²) in [6.07, 6.45) is 1.89. The molecule has 4 aromatic carbocycles. The van der Waals surface area contributed by atoms with E-state index in [0.29, 0.717) is 11.5 Å². The maximum Gasteiger partial charge on any atom is 0.259 e. The zero-order valence-corrected chi connectivity index (χ0v) is 19.0. The fourth-order valence-electron chi connectivity index (χ4n) is 5.25. The summed E-state index contributed by atoms with van der Waals surface area (Å²) in [6, 6.07) is 32.0. The number of benzene rings is 4. The van der Waals surface area contributed by atoms with Crippen LogP contribution in [0.3, 0.4) is 0 Å². The van der Waals surface area contributed by atoms with E-state index < -0.39 is 0 Å². The molecule has 0 saturated carbocycles. The summed E-state index contributed by atoms with van der Waals surface area (Å²) < 4.78 is 12.1. The van der Waals surface area contributed by atoms with Gasteiger partial charge in [0.15, 0.2) is 11.5 Å². The molecule has 4 heteroatoms. The van der Waals surface area contributed by atoms with E-state index in [1.807, 2.05) is 65.6 Å². The van der Waals surface area contributed by atoms with Gasteiger partial charge in [-0.15, -0.1) is 0 Å². The predicted molar refractivity (Wildman–Crippen MR) is 133 cm³/mol. The number of carbonyl (C=O) groups is 1. The summed E-state index contributed by atoms with van der Waals surface area (Å²) in [5.41, 5.74) is 6.17. The van der Waals surface area contributed by atoms with Gasteiger partial charge in [-0.3, -0.25) is 9.69 Å². The lowest BCUT2D eigenvalue weighted by Gasteiger charge is -2.27. The minimum absolute atomic E-state index is 0.00761. The van der Waals surface area contributed by atoms with Crippen LogP contribution >= 0.6 is 0 Å². The third kappa shape index (κ3) is 3.34. The summed E-state index contributed by atoms with van der Waals surface area (Å²) in [5.74, 6) is 1.30. The molecule has 1 heterocycles. The van der Waals surface area contributed by atoms with Crippen LogP contribution in [0.5, 0.6) is 11.5 Å². The highest BCUT2D eigenvalue weighted by Crippen LogP contribution is 2.45. The molecule has 0 bridgehead atoms. The number of methoxy groups -OCH3 is 1. The van der Waals surface area contributed by atoms with Gasteiger partial charge in [-0.25, -0.2) is 0 Å². The zero-order chi connectivity index (χ0) is 23.1. The SMILES string of the molecule is COc1ccc(N2C(=O)c3ccccc3C2c2ccccc2)cc1OC1CCc2ccccc21. The van der Waals surface area contributed by atoms with E-state index in [4.69, 9.17) is 9.47 Å². The van der Waals surface area contributed by atoms with E-state index in [0.717, 1.165) is 35.2 Å². The van der Waals surface area contributed by atoms with Gasteiger partial charge in [0.25, 0.3) is 5.91 Å². The van der Waals surface area contributed by atoms with Gasteiger partial charge in [0.05, 0.1) is 13.2 Å². The molecule has 2 unspecified atom stereocenters. The average molecular weight is 448 g/mol. The molecule has 6 rings (SSSR count).